The third-order valence-electron chi connectivity index (χ3n) is 5.95. The van der Waals surface area contributed by atoms with Gasteiger partial charge in [0.05, 0.1) is 5.60 Å². The SMILES string of the molecule is C1CC2C(NC3CCOC4(CCSCC4)C3)CCN2C1. The van der Waals surface area contributed by atoms with Crippen molar-refractivity contribution in [3.8, 4) is 0 Å². The summed E-state index contributed by atoms with van der Waals surface area (Å²) in [5, 5.41) is 4.03. The summed E-state index contributed by atoms with van der Waals surface area (Å²) in [6, 6.07) is 2.31. The van der Waals surface area contributed by atoms with Crippen LogP contribution in [0.3, 0.4) is 0 Å². The normalized spacial score (nSPS) is 41.1. The highest BCUT2D eigenvalue weighted by Crippen LogP contribution is 2.38. The number of nitrogens with zero attached hydrogens (tertiary/aromatic N) is 1. The van der Waals surface area contributed by atoms with Gasteiger partial charge in [-0.2, -0.15) is 11.8 Å². The first-order chi connectivity index (χ1) is 9.85. The predicted octanol–water partition coefficient (Wildman–Crippen LogP) is 2.26. The van der Waals surface area contributed by atoms with Crippen molar-refractivity contribution in [2.75, 3.05) is 31.2 Å². The molecule has 0 aromatic rings. The first-order valence-electron chi connectivity index (χ1n) is 8.57. The van der Waals surface area contributed by atoms with Crippen LogP contribution in [0.5, 0.6) is 0 Å². The van der Waals surface area contributed by atoms with Gasteiger partial charge in [-0.1, -0.05) is 0 Å². The van der Waals surface area contributed by atoms with Gasteiger partial charge in [-0.05, 0) is 63.0 Å². The second kappa shape index (κ2) is 5.79. The third-order valence-corrected chi connectivity index (χ3v) is 6.94. The fraction of sp³-hybridized carbons (Fsp3) is 1.00. The number of hydrogen-bond acceptors (Lipinski definition) is 4. The number of thioether (sulfide) groups is 1. The Morgan fingerprint density at radius 3 is 2.90 bits per heavy atom. The molecule has 3 nitrogen and oxygen atoms in total. The van der Waals surface area contributed by atoms with Gasteiger partial charge in [0.1, 0.15) is 0 Å². The monoisotopic (exact) mass is 296 g/mol. The van der Waals surface area contributed by atoms with Gasteiger partial charge < -0.3 is 10.1 Å². The highest BCUT2D eigenvalue weighted by molar-refractivity contribution is 7.99. The molecule has 0 aromatic heterocycles. The Labute approximate surface area is 127 Å². The molecular formula is C16H28N2OS. The molecule has 4 heterocycles. The van der Waals surface area contributed by atoms with Crippen molar-refractivity contribution in [3.63, 3.8) is 0 Å². The van der Waals surface area contributed by atoms with Crippen LogP contribution in [-0.2, 0) is 4.74 Å². The molecule has 0 radical (unpaired) electrons. The Morgan fingerprint density at radius 1 is 1.10 bits per heavy atom. The standard InChI is InChI=1S/C16H28N2OS/c1-2-15-14(3-8-18(15)7-1)17-13-4-9-19-16(12-13)5-10-20-11-6-16/h13-15,17H,1-12H2. The largest absolute Gasteiger partial charge is 0.375 e. The Hall–Kier alpha value is 0.230. The number of nitrogens with one attached hydrogen (secondary N) is 1. The molecule has 0 bridgehead atoms. The van der Waals surface area contributed by atoms with Crippen molar-refractivity contribution in [2.24, 2.45) is 0 Å². The summed E-state index contributed by atoms with van der Waals surface area (Å²) in [4.78, 5) is 2.71. The molecule has 20 heavy (non-hydrogen) atoms. The minimum absolute atomic E-state index is 0.231. The summed E-state index contributed by atoms with van der Waals surface area (Å²) in [7, 11) is 0. The average Bonchev–Trinajstić information content (AvgIpc) is 3.05. The van der Waals surface area contributed by atoms with Gasteiger partial charge in [-0.3, -0.25) is 4.90 Å². The van der Waals surface area contributed by atoms with Crippen LogP contribution in [0, 0.1) is 0 Å². The molecule has 0 aliphatic carbocycles. The minimum Gasteiger partial charge on any atom is -0.375 e. The summed E-state index contributed by atoms with van der Waals surface area (Å²) in [6.45, 7) is 3.65. The van der Waals surface area contributed by atoms with E-state index in [0.29, 0.717) is 6.04 Å². The quantitative estimate of drug-likeness (QED) is 0.845. The molecule has 1 N–H and O–H groups in total. The lowest BCUT2D eigenvalue weighted by Gasteiger charge is -2.44. The van der Waals surface area contributed by atoms with Gasteiger partial charge in [0.15, 0.2) is 0 Å². The number of fused-ring (bicyclic) bond motifs is 1. The van der Waals surface area contributed by atoms with E-state index in [1.54, 1.807) is 0 Å². The Balaban J connectivity index is 1.36. The summed E-state index contributed by atoms with van der Waals surface area (Å²) < 4.78 is 6.22. The van der Waals surface area contributed by atoms with Crippen LogP contribution in [0.1, 0.15) is 44.9 Å². The van der Waals surface area contributed by atoms with Gasteiger partial charge in [0.25, 0.3) is 0 Å². The molecular weight excluding hydrogens is 268 g/mol. The lowest BCUT2D eigenvalue weighted by Crippen LogP contribution is -2.52. The highest BCUT2D eigenvalue weighted by atomic mass is 32.2. The Bertz CT molecular complexity index is 340. The van der Waals surface area contributed by atoms with Crippen molar-refractivity contribution in [1.29, 1.82) is 0 Å². The van der Waals surface area contributed by atoms with E-state index in [2.05, 4.69) is 22.0 Å². The van der Waals surface area contributed by atoms with Crippen molar-refractivity contribution in [3.05, 3.63) is 0 Å². The maximum atomic E-state index is 6.22. The van der Waals surface area contributed by atoms with Gasteiger partial charge in [0, 0.05) is 31.3 Å². The Morgan fingerprint density at radius 2 is 2.00 bits per heavy atom. The van der Waals surface area contributed by atoms with E-state index in [1.165, 1.54) is 69.5 Å². The van der Waals surface area contributed by atoms with Crippen LogP contribution in [-0.4, -0.2) is 59.8 Å². The third kappa shape index (κ3) is 2.65. The molecule has 3 unspecified atom stereocenters. The zero-order valence-corrected chi connectivity index (χ0v) is 13.3. The predicted molar refractivity (Wildman–Crippen MR) is 84.4 cm³/mol. The molecule has 4 rings (SSSR count). The van der Waals surface area contributed by atoms with Crippen LogP contribution >= 0.6 is 11.8 Å². The van der Waals surface area contributed by atoms with Crippen molar-refractivity contribution < 1.29 is 4.74 Å². The van der Waals surface area contributed by atoms with Gasteiger partial charge in [-0.25, -0.2) is 0 Å². The smallest absolute Gasteiger partial charge is 0.0713 e. The van der Waals surface area contributed by atoms with E-state index in [4.69, 9.17) is 4.74 Å². The van der Waals surface area contributed by atoms with E-state index < -0.39 is 0 Å². The summed E-state index contributed by atoms with van der Waals surface area (Å²) >= 11 is 2.10. The van der Waals surface area contributed by atoms with E-state index in [0.717, 1.165) is 18.7 Å². The summed E-state index contributed by atoms with van der Waals surface area (Å²) in [5.74, 6) is 2.60. The summed E-state index contributed by atoms with van der Waals surface area (Å²) in [6.07, 6.45) is 9.23. The Kier molecular flexibility index (Phi) is 4.01. The average molecular weight is 296 g/mol. The van der Waals surface area contributed by atoms with Crippen LogP contribution in [0.2, 0.25) is 0 Å². The van der Waals surface area contributed by atoms with E-state index in [9.17, 15) is 0 Å². The second-order valence-corrected chi connectivity index (χ2v) is 8.37. The molecule has 4 saturated heterocycles. The fourth-order valence-corrected chi connectivity index (χ4v) is 6.08. The molecule has 0 saturated carbocycles. The molecule has 3 atom stereocenters. The first-order valence-corrected chi connectivity index (χ1v) is 9.72. The van der Waals surface area contributed by atoms with Crippen molar-refractivity contribution in [1.82, 2.24) is 10.2 Å². The maximum Gasteiger partial charge on any atom is 0.0713 e. The fourth-order valence-electron chi connectivity index (χ4n) is 4.84. The topological polar surface area (TPSA) is 24.5 Å². The van der Waals surface area contributed by atoms with Gasteiger partial charge in [0.2, 0.25) is 0 Å². The molecule has 4 aliphatic rings. The lowest BCUT2D eigenvalue weighted by atomic mass is 9.85. The van der Waals surface area contributed by atoms with Crippen LogP contribution in [0.15, 0.2) is 0 Å². The number of ether oxygens (including phenoxy) is 1. The number of rotatable bonds is 2. The van der Waals surface area contributed by atoms with E-state index >= 15 is 0 Å². The van der Waals surface area contributed by atoms with Crippen LogP contribution in [0.25, 0.3) is 0 Å². The van der Waals surface area contributed by atoms with E-state index in [-0.39, 0.29) is 5.60 Å². The first kappa shape index (κ1) is 13.9. The molecule has 0 amide bonds. The van der Waals surface area contributed by atoms with Crippen LogP contribution in [0.4, 0.5) is 0 Å². The number of hydrogen-bond donors (Lipinski definition) is 1. The second-order valence-electron chi connectivity index (χ2n) is 7.14. The molecule has 1 spiro atoms. The van der Waals surface area contributed by atoms with Gasteiger partial charge >= 0.3 is 0 Å². The summed E-state index contributed by atoms with van der Waals surface area (Å²) in [5.41, 5.74) is 0.231. The van der Waals surface area contributed by atoms with E-state index in [1.807, 2.05) is 0 Å². The molecule has 4 aliphatic heterocycles. The molecule has 114 valence electrons. The van der Waals surface area contributed by atoms with Crippen LogP contribution < -0.4 is 5.32 Å². The highest BCUT2D eigenvalue weighted by Gasteiger charge is 2.42. The zero-order chi connectivity index (χ0) is 13.4. The molecule has 4 heteroatoms. The van der Waals surface area contributed by atoms with Crippen molar-refractivity contribution in [2.45, 2.75) is 68.7 Å². The minimum atomic E-state index is 0.231. The molecule has 0 aromatic carbocycles. The lowest BCUT2D eigenvalue weighted by molar-refractivity contribution is -0.0944. The van der Waals surface area contributed by atoms with Gasteiger partial charge in [-0.15, -0.1) is 0 Å². The molecule has 4 fully saturated rings. The van der Waals surface area contributed by atoms with Crippen molar-refractivity contribution >= 4 is 11.8 Å². The zero-order valence-electron chi connectivity index (χ0n) is 12.5. The maximum absolute atomic E-state index is 6.22.